The van der Waals surface area contributed by atoms with Crippen LogP contribution in [0.4, 0.5) is 13.6 Å². The number of amides is 1. The number of halogens is 2. The minimum atomic E-state index is -1.14. The van der Waals surface area contributed by atoms with Gasteiger partial charge in [0, 0.05) is 5.56 Å². The minimum absolute atomic E-state index is 0.0425. The van der Waals surface area contributed by atoms with Crippen LogP contribution >= 0.6 is 0 Å². The van der Waals surface area contributed by atoms with Crippen molar-refractivity contribution in [3.8, 4) is 0 Å². The first-order valence-corrected chi connectivity index (χ1v) is 4.44. The van der Waals surface area contributed by atoms with E-state index in [4.69, 9.17) is 4.74 Å². The average Bonchev–Trinajstić information content (AvgIpc) is 2.52. The third-order valence-electron chi connectivity index (χ3n) is 2.39. The van der Waals surface area contributed by atoms with E-state index >= 15 is 0 Å². The number of rotatable bonds is 1. The van der Waals surface area contributed by atoms with Crippen molar-refractivity contribution < 1.29 is 18.3 Å². The molecule has 0 spiro atoms. The van der Waals surface area contributed by atoms with Crippen LogP contribution in [0.5, 0.6) is 0 Å². The van der Waals surface area contributed by atoms with E-state index in [-0.39, 0.29) is 12.1 Å². The Labute approximate surface area is 85.0 Å². The van der Waals surface area contributed by atoms with Crippen LogP contribution in [0.3, 0.4) is 0 Å². The smallest absolute Gasteiger partial charge is 0.408 e. The van der Waals surface area contributed by atoms with E-state index in [0.29, 0.717) is 0 Å². The lowest BCUT2D eigenvalue weighted by Gasteiger charge is -2.21. The quantitative estimate of drug-likeness (QED) is 0.773. The molecular formula is C10H9F2NO2. The van der Waals surface area contributed by atoms with Gasteiger partial charge in [-0.1, -0.05) is 0 Å². The van der Waals surface area contributed by atoms with Gasteiger partial charge in [-0.05, 0) is 25.1 Å². The summed E-state index contributed by atoms with van der Waals surface area (Å²) >= 11 is 0. The number of ether oxygens (including phenoxy) is 1. The highest BCUT2D eigenvalue weighted by molar-refractivity contribution is 5.70. The molecule has 1 atom stereocenters. The minimum Gasteiger partial charge on any atom is -0.436 e. The molecule has 1 saturated heterocycles. The molecule has 0 saturated carbocycles. The monoisotopic (exact) mass is 213 g/mol. The number of carbonyl (C=O) groups excluding carboxylic acids is 1. The molecule has 1 aromatic carbocycles. The molecule has 5 heteroatoms. The number of benzene rings is 1. The van der Waals surface area contributed by atoms with Gasteiger partial charge < -0.3 is 10.1 Å². The van der Waals surface area contributed by atoms with Gasteiger partial charge in [0.05, 0.1) is 6.54 Å². The Balaban J connectivity index is 2.44. The Morgan fingerprint density at radius 1 is 1.47 bits per heavy atom. The standard InChI is InChI=1S/C10H9F2NO2/c1-10(5-13-9(14)15-10)7-4-6(11)2-3-8(7)12/h2-4H,5H2,1H3,(H,13,14). The van der Waals surface area contributed by atoms with E-state index in [1.54, 1.807) is 0 Å². The van der Waals surface area contributed by atoms with Crippen LogP contribution in [0.15, 0.2) is 18.2 Å². The summed E-state index contributed by atoms with van der Waals surface area (Å²) in [4.78, 5) is 10.9. The van der Waals surface area contributed by atoms with Crippen LogP contribution in [0.25, 0.3) is 0 Å². The van der Waals surface area contributed by atoms with E-state index in [2.05, 4.69) is 5.32 Å². The first-order valence-electron chi connectivity index (χ1n) is 4.44. The van der Waals surface area contributed by atoms with Crippen molar-refractivity contribution >= 4 is 6.09 Å². The van der Waals surface area contributed by atoms with Gasteiger partial charge in [0.2, 0.25) is 0 Å². The normalized spacial score (nSPS) is 24.9. The summed E-state index contributed by atoms with van der Waals surface area (Å²) in [5.41, 5.74) is -1.09. The van der Waals surface area contributed by atoms with Crippen LogP contribution in [0, 0.1) is 11.6 Å². The molecule has 1 aromatic rings. The van der Waals surface area contributed by atoms with Gasteiger partial charge in [0.15, 0.2) is 5.60 Å². The lowest BCUT2D eigenvalue weighted by atomic mass is 9.96. The lowest BCUT2D eigenvalue weighted by molar-refractivity contribution is 0.0672. The van der Waals surface area contributed by atoms with Crippen molar-refractivity contribution in [2.45, 2.75) is 12.5 Å². The van der Waals surface area contributed by atoms with Gasteiger partial charge in [0.25, 0.3) is 0 Å². The van der Waals surface area contributed by atoms with Crippen molar-refractivity contribution in [3.63, 3.8) is 0 Å². The van der Waals surface area contributed by atoms with Crippen molar-refractivity contribution in [1.82, 2.24) is 5.32 Å². The van der Waals surface area contributed by atoms with E-state index in [1.165, 1.54) is 6.92 Å². The van der Waals surface area contributed by atoms with Crippen molar-refractivity contribution in [3.05, 3.63) is 35.4 Å². The summed E-state index contributed by atoms with van der Waals surface area (Å²) in [6.07, 6.45) is -0.624. The molecular weight excluding hydrogens is 204 g/mol. The summed E-state index contributed by atoms with van der Waals surface area (Å²) < 4.78 is 31.3. The van der Waals surface area contributed by atoms with E-state index < -0.39 is 23.3 Å². The molecule has 0 radical (unpaired) electrons. The fourth-order valence-corrected chi connectivity index (χ4v) is 1.57. The third-order valence-corrected chi connectivity index (χ3v) is 2.39. The lowest BCUT2D eigenvalue weighted by Crippen LogP contribution is -2.27. The molecule has 1 aliphatic rings. The highest BCUT2D eigenvalue weighted by Crippen LogP contribution is 2.30. The zero-order valence-corrected chi connectivity index (χ0v) is 8.01. The molecule has 1 N–H and O–H groups in total. The molecule has 15 heavy (non-hydrogen) atoms. The van der Waals surface area contributed by atoms with Crippen LogP contribution < -0.4 is 5.32 Å². The maximum atomic E-state index is 13.4. The molecule has 0 aliphatic carbocycles. The summed E-state index contributed by atoms with van der Waals surface area (Å²) in [7, 11) is 0. The van der Waals surface area contributed by atoms with Crippen molar-refractivity contribution in [1.29, 1.82) is 0 Å². The first-order chi connectivity index (χ1) is 7.01. The topological polar surface area (TPSA) is 38.3 Å². The SMILES string of the molecule is CC1(c2cc(F)ccc2F)CNC(=O)O1. The number of hydrogen-bond acceptors (Lipinski definition) is 2. The summed E-state index contributed by atoms with van der Waals surface area (Å²) in [5.74, 6) is -1.15. The molecule has 3 nitrogen and oxygen atoms in total. The maximum absolute atomic E-state index is 13.4. The van der Waals surface area contributed by atoms with E-state index in [0.717, 1.165) is 18.2 Å². The fourth-order valence-electron chi connectivity index (χ4n) is 1.57. The molecule has 0 bridgehead atoms. The maximum Gasteiger partial charge on any atom is 0.408 e. The molecule has 1 unspecified atom stereocenters. The van der Waals surface area contributed by atoms with Crippen LogP contribution in [-0.2, 0) is 10.3 Å². The molecule has 2 rings (SSSR count). The second-order valence-electron chi connectivity index (χ2n) is 3.60. The van der Waals surface area contributed by atoms with Gasteiger partial charge >= 0.3 is 6.09 Å². The van der Waals surface area contributed by atoms with Gasteiger partial charge in [-0.15, -0.1) is 0 Å². The predicted octanol–water partition coefficient (Wildman–Crippen LogP) is 1.92. The summed E-state index contributed by atoms with van der Waals surface area (Å²) in [6, 6.07) is 3.07. The van der Waals surface area contributed by atoms with Crippen molar-refractivity contribution in [2.75, 3.05) is 6.54 Å². The average molecular weight is 213 g/mol. The Bertz CT molecular complexity index is 422. The summed E-state index contributed by atoms with van der Waals surface area (Å²) in [6.45, 7) is 1.66. The van der Waals surface area contributed by atoms with Gasteiger partial charge in [-0.2, -0.15) is 0 Å². The van der Waals surface area contributed by atoms with Crippen LogP contribution in [0.1, 0.15) is 12.5 Å². The number of hydrogen-bond donors (Lipinski definition) is 1. The van der Waals surface area contributed by atoms with Gasteiger partial charge in [-0.25, -0.2) is 13.6 Å². The third kappa shape index (κ3) is 1.65. The van der Waals surface area contributed by atoms with Crippen molar-refractivity contribution in [2.24, 2.45) is 0 Å². The number of alkyl carbamates (subject to hydrolysis) is 1. The summed E-state index contributed by atoms with van der Waals surface area (Å²) in [5, 5.41) is 2.40. The predicted molar refractivity (Wildman–Crippen MR) is 48.2 cm³/mol. The van der Waals surface area contributed by atoms with E-state index in [1.807, 2.05) is 0 Å². The molecule has 1 heterocycles. The number of carbonyl (C=O) groups is 1. The molecule has 1 fully saturated rings. The Hall–Kier alpha value is -1.65. The van der Waals surface area contributed by atoms with Gasteiger partial charge in [0.1, 0.15) is 11.6 Å². The Morgan fingerprint density at radius 3 is 2.80 bits per heavy atom. The number of nitrogens with one attached hydrogen (secondary N) is 1. The largest absolute Gasteiger partial charge is 0.436 e. The zero-order chi connectivity index (χ0) is 11.1. The second-order valence-corrected chi connectivity index (χ2v) is 3.60. The Morgan fingerprint density at radius 2 is 2.20 bits per heavy atom. The molecule has 0 aromatic heterocycles. The second kappa shape index (κ2) is 3.18. The van der Waals surface area contributed by atoms with Crippen LogP contribution in [0.2, 0.25) is 0 Å². The molecule has 1 amide bonds. The fraction of sp³-hybridized carbons (Fsp3) is 0.300. The highest BCUT2D eigenvalue weighted by Gasteiger charge is 2.39. The van der Waals surface area contributed by atoms with Crippen LogP contribution in [-0.4, -0.2) is 12.6 Å². The Kier molecular flexibility index (Phi) is 2.10. The first kappa shape index (κ1) is 9.89. The van der Waals surface area contributed by atoms with E-state index in [9.17, 15) is 13.6 Å². The molecule has 80 valence electrons. The highest BCUT2D eigenvalue weighted by atomic mass is 19.1. The van der Waals surface area contributed by atoms with Gasteiger partial charge in [-0.3, -0.25) is 0 Å². The zero-order valence-electron chi connectivity index (χ0n) is 8.01. The molecule has 1 aliphatic heterocycles. The number of cyclic esters (lactones) is 1.